The molecule has 3 rings (SSSR count). The molecule has 0 aliphatic rings. The molecule has 3 aromatic rings. The number of carbonyl (C=O) groups excluding carboxylic acids is 2. The van der Waals surface area contributed by atoms with Gasteiger partial charge in [-0.05, 0) is 48.9 Å². The number of nitrogens with zero attached hydrogens (tertiary/aromatic N) is 2. The van der Waals surface area contributed by atoms with Gasteiger partial charge in [-0.25, -0.2) is 4.79 Å². The molecular formula is C24H29N3O4. The highest BCUT2D eigenvalue weighted by molar-refractivity contribution is 6.00. The van der Waals surface area contributed by atoms with Gasteiger partial charge in [-0.3, -0.25) is 18.7 Å². The van der Waals surface area contributed by atoms with Crippen molar-refractivity contribution in [2.24, 2.45) is 14.1 Å². The predicted molar refractivity (Wildman–Crippen MR) is 122 cm³/mol. The van der Waals surface area contributed by atoms with E-state index in [4.69, 9.17) is 4.74 Å². The zero-order chi connectivity index (χ0) is 22.4. The van der Waals surface area contributed by atoms with E-state index in [1.165, 1.54) is 4.57 Å². The first-order chi connectivity index (χ1) is 14.9. The van der Waals surface area contributed by atoms with Crippen LogP contribution < -0.4 is 15.7 Å². The van der Waals surface area contributed by atoms with Crippen LogP contribution in [0.1, 0.15) is 49.4 Å². The molecule has 31 heavy (non-hydrogen) atoms. The summed E-state index contributed by atoms with van der Waals surface area (Å²) in [4.78, 5) is 36.7. The number of aryl methyl sites for hydroxylation is 2. The van der Waals surface area contributed by atoms with Gasteiger partial charge < -0.3 is 10.1 Å². The summed E-state index contributed by atoms with van der Waals surface area (Å²) in [6.45, 7) is 2.82. The van der Waals surface area contributed by atoms with Crippen LogP contribution in [0.15, 0.2) is 47.3 Å². The first-order valence-corrected chi connectivity index (χ1v) is 10.6. The number of unbranched alkanes of at least 4 members (excludes halogenated alkanes) is 2. The molecule has 0 saturated carbocycles. The second kappa shape index (κ2) is 10.1. The van der Waals surface area contributed by atoms with Gasteiger partial charge in [0.05, 0.1) is 17.6 Å². The molecule has 1 heterocycles. The van der Waals surface area contributed by atoms with E-state index in [1.807, 2.05) is 0 Å². The average Bonchev–Trinajstić information content (AvgIpc) is 2.99. The number of rotatable bonds is 10. The van der Waals surface area contributed by atoms with Gasteiger partial charge in [-0.1, -0.05) is 19.8 Å². The van der Waals surface area contributed by atoms with Crippen LogP contribution in [0.2, 0.25) is 0 Å². The van der Waals surface area contributed by atoms with E-state index in [1.54, 1.807) is 61.1 Å². The number of Topliss-reactive ketones (excluding diaryl/α,β-unsaturated/α-hetero) is 1. The second-order valence-corrected chi connectivity index (χ2v) is 7.66. The van der Waals surface area contributed by atoms with E-state index >= 15 is 0 Å². The highest BCUT2D eigenvalue weighted by Gasteiger charge is 2.12. The SMILES string of the molecule is CCCCCOc1ccc(C(=O)CCC(=O)Nc2ccc3c(c2)n(C)c(=O)n3C)cc1. The molecule has 0 fully saturated rings. The van der Waals surface area contributed by atoms with Gasteiger partial charge >= 0.3 is 5.69 Å². The maximum atomic E-state index is 12.4. The van der Waals surface area contributed by atoms with Crippen LogP contribution in [0.25, 0.3) is 11.0 Å². The molecule has 1 amide bonds. The molecule has 0 radical (unpaired) electrons. The van der Waals surface area contributed by atoms with Crippen LogP contribution in [0.3, 0.4) is 0 Å². The number of imidazole rings is 1. The lowest BCUT2D eigenvalue weighted by Crippen LogP contribution is -2.19. The van der Waals surface area contributed by atoms with Crippen LogP contribution in [0, 0.1) is 0 Å². The van der Waals surface area contributed by atoms with E-state index in [0.29, 0.717) is 17.9 Å². The lowest BCUT2D eigenvalue weighted by Gasteiger charge is -2.07. The third-order valence-corrected chi connectivity index (χ3v) is 5.33. The number of hydrogen-bond acceptors (Lipinski definition) is 4. The molecule has 0 unspecified atom stereocenters. The van der Waals surface area contributed by atoms with Crippen LogP contribution >= 0.6 is 0 Å². The molecule has 1 N–H and O–H groups in total. The van der Waals surface area contributed by atoms with Gasteiger partial charge in [0, 0.05) is 38.2 Å². The number of fused-ring (bicyclic) bond motifs is 1. The summed E-state index contributed by atoms with van der Waals surface area (Å²) in [7, 11) is 3.40. The Labute approximate surface area is 181 Å². The molecule has 0 aliphatic carbocycles. The normalized spacial score (nSPS) is 10.9. The number of ketones is 1. The van der Waals surface area contributed by atoms with Crippen LogP contribution in [-0.2, 0) is 18.9 Å². The number of nitrogens with one attached hydrogen (secondary N) is 1. The van der Waals surface area contributed by atoms with Crippen molar-refractivity contribution in [1.82, 2.24) is 9.13 Å². The molecule has 0 saturated heterocycles. The molecule has 0 spiro atoms. The van der Waals surface area contributed by atoms with Crippen molar-refractivity contribution in [3.63, 3.8) is 0 Å². The lowest BCUT2D eigenvalue weighted by atomic mass is 10.1. The van der Waals surface area contributed by atoms with E-state index in [-0.39, 0.29) is 30.2 Å². The van der Waals surface area contributed by atoms with E-state index in [9.17, 15) is 14.4 Å². The molecular weight excluding hydrogens is 394 g/mol. The van der Waals surface area contributed by atoms with Crippen LogP contribution in [0.5, 0.6) is 5.75 Å². The second-order valence-electron chi connectivity index (χ2n) is 7.66. The van der Waals surface area contributed by atoms with Crippen molar-refractivity contribution in [2.75, 3.05) is 11.9 Å². The van der Waals surface area contributed by atoms with Gasteiger partial charge in [0.15, 0.2) is 5.78 Å². The van der Waals surface area contributed by atoms with Crippen molar-refractivity contribution >= 4 is 28.4 Å². The maximum Gasteiger partial charge on any atom is 0.328 e. The minimum absolute atomic E-state index is 0.0832. The molecule has 7 nitrogen and oxygen atoms in total. The largest absolute Gasteiger partial charge is 0.494 e. The van der Waals surface area contributed by atoms with Crippen LogP contribution in [0.4, 0.5) is 5.69 Å². The molecule has 0 atom stereocenters. The number of amides is 1. The summed E-state index contributed by atoms with van der Waals surface area (Å²) in [6.07, 6.45) is 3.50. The molecule has 0 aliphatic heterocycles. The first-order valence-electron chi connectivity index (χ1n) is 10.6. The van der Waals surface area contributed by atoms with E-state index in [2.05, 4.69) is 12.2 Å². The Bertz CT molecular complexity index is 1130. The predicted octanol–water partition coefficient (Wildman–Crippen LogP) is 4.05. The fourth-order valence-corrected chi connectivity index (χ4v) is 3.46. The minimum Gasteiger partial charge on any atom is -0.494 e. The van der Waals surface area contributed by atoms with Gasteiger partial charge in [-0.2, -0.15) is 0 Å². The highest BCUT2D eigenvalue weighted by atomic mass is 16.5. The lowest BCUT2D eigenvalue weighted by molar-refractivity contribution is -0.116. The number of carbonyl (C=O) groups is 2. The summed E-state index contributed by atoms with van der Waals surface area (Å²) < 4.78 is 8.75. The zero-order valence-electron chi connectivity index (χ0n) is 18.3. The van der Waals surface area contributed by atoms with Gasteiger partial charge in [0.2, 0.25) is 5.91 Å². The quantitative estimate of drug-likeness (QED) is 0.394. The molecule has 0 bridgehead atoms. The summed E-state index contributed by atoms with van der Waals surface area (Å²) in [6, 6.07) is 12.4. The Kier molecular flexibility index (Phi) is 7.28. The standard InChI is InChI=1S/C24H29N3O4/c1-4-5-6-15-31-19-10-7-17(8-11-19)22(28)13-14-23(29)25-18-9-12-20-21(16-18)27(3)24(30)26(20)2/h7-12,16H,4-6,13-15H2,1-3H3,(H,25,29). The monoisotopic (exact) mass is 423 g/mol. The number of ether oxygens (including phenoxy) is 1. The van der Waals surface area contributed by atoms with Crippen molar-refractivity contribution in [1.29, 1.82) is 0 Å². The summed E-state index contributed by atoms with van der Waals surface area (Å²) in [5.74, 6) is 0.411. The maximum absolute atomic E-state index is 12.4. The fraction of sp³-hybridized carbons (Fsp3) is 0.375. The molecule has 1 aromatic heterocycles. The third kappa shape index (κ3) is 5.42. The number of hydrogen-bond donors (Lipinski definition) is 1. The fourth-order valence-electron chi connectivity index (χ4n) is 3.46. The topological polar surface area (TPSA) is 82.3 Å². The first kappa shape index (κ1) is 22.3. The molecule has 164 valence electrons. The number of aromatic nitrogens is 2. The zero-order valence-corrected chi connectivity index (χ0v) is 18.3. The van der Waals surface area contributed by atoms with Gasteiger partial charge in [0.25, 0.3) is 0 Å². The number of anilines is 1. The van der Waals surface area contributed by atoms with E-state index < -0.39 is 0 Å². The van der Waals surface area contributed by atoms with Crippen molar-refractivity contribution in [3.05, 3.63) is 58.5 Å². The number of benzene rings is 2. The average molecular weight is 424 g/mol. The van der Waals surface area contributed by atoms with Gasteiger partial charge in [-0.15, -0.1) is 0 Å². The van der Waals surface area contributed by atoms with Gasteiger partial charge in [0.1, 0.15) is 5.75 Å². The Balaban J connectivity index is 1.52. The molecule has 7 heteroatoms. The summed E-state index contributed by atoms with van der Waals surface area (Å²) in [5.41, 5.74) is 2.56. The Morgan fingerprint density at radius 3 is 2.35 bits per heavy atom. The smallest absolute Gasteiger partial charge is 0.328 e. The van der Waals surface area contributed by atoms with Crippen molar-refractivity contribution < 1.29 is 14.3 Å². The minimum atomic E-state index is -0.246. The summed E-state index contributed by atoms with van der Waals surface area (Å²) >= 11 is 0. The highest BCUT2D eigenvalue weighted by Crippen LogP contribution is 2.18. The summed E-state index contributed by atoms with van der Waals surface area (Å²) in [5, 5.41) is 2.80. The van der Waals surface area contributed by atoms with Crippen molar-refractivity contribution in [3.8, 4) is 5.75 Å². The Morgan fingerprint density at radius 1 is 0.935 bits per heavy atom. The van der Waals surface area contributed by atoms with E-state index in [0.717, 1.165) is 36.0 Å². The third-order valence-electron chi connectivity index (χ3n) is 5.33. The molecule has 2 aromatic carbocycles. The Hall–Kier alpha value is -3.35. The van der Waals surface area contributed by atoms with Crippen molar-refractivity contribution in [2.45, 2.75) is 39.0 Å². The van der Waals surface area contributed by atoms with Crippen LogP contribution in [-0.4, -0.2) is 27.4 Å². The Morgan fingerprint density at radius 2 is 1.65 bits per heavy atom.